The summed E-state index contributed by atoms with van der Waals surface area (Å²) in [5.41, 5.74) is 0. The standard InChI is InChI=1S/C5H9NO2/c1-2-3-4-5-6(7)8/h7-8H,2,5H2,1H3. The van der Waals surface area contributed by atoms with E-state index in [1.54, 1.807) is 0 Å². The fourth-order valence-electron chi connectivity index (χ4n) is 0.252. The van der Waals surface area contributed by atoms with E-state index in [1.807, 2.05) is 6.92 Å². The van der Waals surface area contributed by atoms with E-state index in [2.05, 4.69) is 11.8 Å². The van der Waals surface area contributed by atoms with Gasteiger partial charge in [0.05, 0.1) is 0 Å². The molecule has 0 aromatic rings. The minimum absolute atomic E-state index is 0.00611. The van der Waals surface area contributed by atoms with Crippen LogP contribution < -0.4 is 0 Å². The van der Waals surface area contributed by atoms with Crippen LogP contribution in [0.2, 0.25) is 0 Å². The van der Waals surface area contributed by atoms with Crippen LogP contribution in [0.1, 0.15) is 13.3 Å². The lowest BCUT2D eigenvalue weighted by Crippen LogP contribution is -2.12. The molecule has 0 saturated carbocycles. The Labute approximate surface area is 48.5 Å². The molecule has 0 spiro atoms. The molecule has 0 aliphatic heterocycles. The first-order chi connectivity index (χ1) is 3.77. The minimum atomic E-state index is -0.00611. The molecule has 0 unspecified atom stereocenters. The summed E-state index contributed by atoms with van der Waals surface area (Å²) in [5, 5.41) is 16.2. The highest BCUT2D eigenvalue weighted by Crippen LogP contribution is 1.70. The minimum Gasteiger partial charge on any atom is -0.289 e. The SMILES string of the molecule is CCC#CCN(O)O. The zero-order valence-corrected chi connectivity index (χ0v) is 4.76. The van der Waals surface area contributed by atoms with Crippen LogP contribution in [0.25, 0.3) is 0 Å². The molecule has 0 fully saturated rings. The molecule has 0 aromatic carbocycles. The van der Waals surface area contributed by atoms with Crippen molar-refractivity contribution in [2.24, 2.45) is 0 Å². The summed E-state index contributed by atoms with van der Waals surface area (Å²) in [4.78, 5) is 0. The van der Waals surface area contributed by atoms with Crippen molar-refractivity contribution in [1.29, 1.82) is 0 Å². The van der Waals surface area contributed by atoms with Gasteiger partial charge in [-0.3, -0.25) is 10.4 Å². The van der Waals surface area contributed by atoms with Crippen molar-refractivity contribution in [1.82, 2.24) is 5.23 Å². The van der Waals surface area contributed by atoms with Gasteiger partial charge >= 0.3 is 0 Å². The quantitative estimate of drug-likeness (QED) is 0.386. The monoisotopic (exact) mass is 115 g/mol. The van der Waals surface area contributed by atoms with E-state index >= 15 is 0 Å². The summed E-state index contributed by atoms with van der Waals surface area (Å²) in [6, 6.07) is 0. The molecule has 46 valence electrons. The highest BCUT2D eigenvalue weighted by atomic mass is 16.8. The van der Waals surface area contributed by atoms with Gasteiger partial charge in [0.15, 0.2) is 0 Å². The van der Waals surface area contributed by atoms with Crippen LogP contribution in [0.5, 0.6) is 0 Å². The topological polar surface area (TPSA) is 43.7 Å². The molecule has 3 heteroatoms. The average Bonchev–Trinajstić information content (AvgIpc) is 1.66. The van der Waals surface area contributed by atoms with Crippen molar-refractivity contribution >= 4 is 0 Å². The first-order valence-electron chi connectivity index (χ1n) is 2.38. The molecule has 0 atom stereocenters. The molecular weight excluding hydrogens is 106 g/mol. The first kappa shape index (κ1) is 7.44. The third kappa shape index (κ3) is 5.44. The van der Waals surface area contributed by atoms with Gasteiger partial charge in [-0.25, -0.2) is 0 Å². The predicted octanol–water partition coefficient (Wildman–Crippen LogP) is 0.480. The van der Waals surface area contributed by atoms with Gasteiger partial charge in [-0.2, -0.15) is 0 Å². The van der Waals surface area contributed by atoms with E-state index in [4.69, 9.17) is 10.4 Å². The van der Waals surface area contributed by atoms with Gasteiger partial charge in [-0.15, -0.1) is 5.92 Å². The smallest absolute Gasteiger partial charge is 0.112 e. The Bertz CT molecular complexity index is 101. The lowest BCUT2D eigenvalue weighted by molar-refractivity contribution is -0.298. The Morgan fingerprint density at radius 3 is 2.38 bits per heavy atom. The van der Waals surface area contributed by atoms with E-state index in [0.717, 1.165) is 6.42 Å². The van der Waals surface area contributed by atoms with Crippen LogP contribution in [0.4, 0.5) is 0 Å². The summed E-state index contributed by atoms with van der Waals surface area (Å²) in [6.07, 6.45) is 0.744. The summed E-state index contributed by atoms with van der Waals surface area (Å²) in [7, 11) is 0. The molecule has 0 saturated heterocycles. The van der Waals surface area contributed by atoms with Crippen molar-refractivity contribution in [3.63, 3.8) is 0 Å². The molecule has 0 bridgehead atoms. The third-order valence-electron chi connectivity index (χ3n) is 0.522. The Hall–Kier alpha value is -0.560. The van der Waals surface area contributed by atoms with Gasteiger partial charge < -0.3 is 0 Å². The van der Waals surface area contributed by atoms with Gasteiger partial charge in [0.1, 0.15) is 6.54 Å². The highest BCUT2D eigenvalue weighted by molar-refractivity contribution is 4.98. The number of rotatable bonds is 1. The molecule has 0 heterocycles. The van der Waals surface area contributed by atoms with Crippen LogP contribution in [0.3, 0.4) is 0 Å². The van der Waals surface area contributed by atoms with E-state index in [1.165, 1.54) is 0 Å². The molecule has 8 heavy (non-hydrogen) atoms. The molecule has 0 rings (SSSR count). The summed E-state index contributed by atoms with van der Waals surface area (Å²) < 4.78 is 0. The van der Waals surface area contributed by atoms with Crippen LogP contribution in [0, 0.1) is 11.8 Å². The highest BCUT2D eigenvalue weighted by Gasteiger charge is 1.82. The fourth-order valence-corrected chi connectivity index (χ4v) is 0.252. The second kappa shape index (κ2) is 4.60. The fraction of sp³-hybridized carbons (Fsp3) is 0.600. The van der Waals surface area contributed by atoms with Crippen molar-refractivity contribution in [2.75, 3.05) is 6.54 Å². The lowest BCUT2D eigenvalue weighted by atomic mass is 10.5. The second-order valence-corrected chi connectivity index (χ2v) is 1.24. The Morgan fingerprint density at radius 2 is 2.00 bits per heavy atom. The van der Waals surface area contributed by atoms with Gasteiger partial charge in [0.2, 0.25) is 0 Å². The summed E-state index contributed by atoms with van der Waals surface area (Å²) in [5.74, 6) is 5.18. The third-order valence-corrected chi connectivity index (χ3v) is 0.522. The number of hydroxylamine groups is 2. The zero-order valence-electron chi connectivity index (χ0n) is 4.76. The largest absolute Gasteiger partial charge is 0.289 e. The van der Waals surface area contributed by atoms with Crippen molar-refractivity contribution in [3.05, 3.63) is 0 Å². The predicted molar refractivity (Wildman–Crippen MR) is 28.3 cm³/mol. The molecule has 0 radical (unpaired) electrons. The zero-order chi connectivity index (χ0) is 6.41. The normalized spacial score (nSPS) is 8.50. The average molecular weight is 115 g/mol. The van der Waals surface area contributed by atoms with E-state index in [-0.39, 0.29) is 11.8 Å². The summed E-state index contributed by atoms with van der Waals surface area (Å²) in [6.45, 7) is 1.89. The number of nitrogens with zero attached hydrogens (tertiary/aromatic N) is 1. The molecule has 3 nitrogen and oxygen atoms in total. The van der Waals surface area contributed by atoms with Gasteiger partial charge in [0, 0.05) is 6.42 Å². The molecule has 0 amide bonds. The Kier molecular flexibility index (Phi) is 4.27. The molecule has 0 aliphatic carbocycles. The van der Waals surface area contributed by atoms with E-state index < -0.39 is 0 Å². The Morgan fingerprint density at radius 1 is 1.38 bits per heavy atom. The van der Waals surface area contributed by atoms with Gasteiger partial charge in [-0.05, 0) is 0 Å². The molecule has 0 aliphatic rings. The summed E-state index contributed by atoms with van der Waals surface area (Å²) >= 11 is 0. The molecule has 0 aromatic heterocycles. The van der Waals surface area contributed by atoms with E-state index in [0.29, 0.717) is 0 Å². The van der Waals surface area contributed by atoms with Crippen LogP contribution in [-0.2, 0) is 0 Å². The lowest BCUT2D eigenvalue weighted by Gasteiger charge is -1.95. The van der Waals surface area contributed by atoms with Crippen LogP contribution in [-0.4, -0.2) is 22.2 Å². The molecule has 2 N–H and O–H groups in total. The van der Waals surface area contributed by atoms with Crippen molar-refractivity contribution in [3.8, 4) is 11.8 Å². The van der Waals surface area contributed by atoms with Gasteiger partial charge in [-0.1, -0.05) is 18.1 Å². The number of hydrogen-bond acceptors (Lipinski definition) is 3. The van der Waals surface area contributed by atoms with Crippen LogP contribution in [0.15, 0.2) is 0 Å². The second-order valence-electron chi connectivity index (χ2n) is 1.24. The first-order valence-corrected chi connectivity index (χ1v) is 2.38. The number of hydrogen-bond donors (Lipinski definition) is 2. The maximum absolute atomic E-state index is 8.07. The van der Waals surface area contributed by atoms with Crippen molar-refractivity contribution < 1.29 is 10.4 Å². The van der Waals surface area contributed by atoms with Gasteiger partial charge in [0.25, 0.3) is 0 Å². The van der Waals surface area contributed by atoms with E-state index in [9.17, 15) is 0 Å². The molecular formula is C5H9NO2. The van der Waals surface area contributed by atoms with Crippen LogP contribution >= 0.6 is 0 Å². The maximum atomic E-state index is 8.07. The van der Waals surface area contributed by atoms with Crippen molar-refractivity contribution in [2.45, 2.75) is 13.3 Å². The Balaban J connectivity index is 3.15. The maximum Gasteiger partial charge on any atom is 0.112 e.